The minimum atomic E-state index is -0.458. The minimum Gasteiger partial charge on any atom is -0.361 e. The molecule has 0 amide bonds. The van der Waals surface area contributed by atoms with E-state index in [9.17, 15) is 4.39 Å². The van der Waals surface area contributed by atoms with E-state index in [1.807, 2.05) is 24.4 Å². The fraction of sp³-hybridized carbons (Fsp3) is 0.182. The van der Waals surface area contributed by atoms with Gasteiger partial charge in [-0.3, -0.25) is 4.98 Å². The van der Waals surface area contributed by atoms with Crippen LogP contribution in [0, 0.1) is 12.9 Å². The Balaban J connectivity index is 1.55. The van der Waals surface area contributed by atoms with Crippen LogP contribution in [0.15, 0.2) is 54.9 Å². The molecule has 27 heavy (non-hydrogen) atoms. The van der Waals surface area contributed by atoms with E-state index in [0.29, 0.717) is 17.8 Å². The van der Waals surface area contributed by atoms with Crippen molar-refractivity contribution in [1.29, 1.82) is 0 Å². The van der Waals surface area contributed by atoms with Gasteiger partial charge in [-0.05, 0) is 49.2 Å². The second kappa shape index (κ2) is 7.19. The highest BCUT2D eigenvalue weighted by Gasteiger charge is 2.10. The van der Waals surface area contributed by atoms with Crippen LogP contribution in [-0.4, -0.2) is 15.0 Å². The number of halogens is 1. The van der Waals surface area contributed by atoms with Gasteiger partial charge in [0.1, 0.15) is 5.82 Å². The number of hydrogen-bond donors (Lipinski definition) is 2. The second-order valence-corrected chi connectivity index (χ2v) is 6.70. The molecule has 1 aromatic carbocycles. The average molecular weight is 360 g/mol. The second-order valence-electron chi connectivity index (χ2n) is 6.70. The van der Waals surface area contributed by atoms with E-state index >= 15 is 0 Å². The summed E-state index contributed by atoms with van der Waals surface area (Å²) in [7, 11) is 0. The van der Waals surface area contributed by atoms with Gasteiger partial charge in [-0.15, -0.1) is 0 Å². The number of hydrogen-bond acceptors (Lipinski definition) is 3. The molecule has 0 spiro atoms. The van der Waals surface area contributed by atoms with Crippen LogP contribution in [0.25, 0.3) is 10.9 Å². The van der Waals surface area contributed by atoms with Crippen molar-refractivity contribution in [3.63, 3.8) is 0 Å². The fourth-order valence-corrected chi connectivity index (χ4v) is 3.16. The number of aromatic amines is 1. The molecule has 4 nitrogen and oxygen atoms in total. The summed E-state index contributed by atoms with van der Waals surface area (Å²) in [6.45, 7) is 4.11. The van der Waals surface area contributed by atoms with Crippen molar-refractivity contribution in [2.75, 3.05) is 5.32 Å². The molecular formula is C22H21FN4. The van der Waals surface area contributed by atoms with Crippen molar-refractivity contribution >= 4 is 22.4 Å². The third kappa shape index (κ3) is 3.67. The lowest BCUT2D eigenvalue weighted by molar-refractivity contribution is 0.572. The smallest absolute Gasteiger partial charge is 0.218 e. The molecular weight excluding hydrogens is 339 g/mol. The van der Waals surface area contributed by atoms with Crippen LogP contribution in [0.3, 0.4) is 0 Å². The average Bonchev–Trinajstić information content (AvgIpc) is 3.06. The molecule has 4 rings (SSSR count). The Kier molecular flexibility index (Phi) is 4.59. The Morgan fingerprint density at radius 2 is 1.96 bits per heavy atom. The highest BCUT2D eigenvalue weighted by Crippen LogP contribution is 2.24. The Morgan fingerprint density at radius 3 is 2.70 bits per heavy atom. The monoisotopic (exact) mass is 360 g/mol. The number of aryl methyl sites for hydroxylation is 2. The molecule has 4 aromatic rings. The summed E-state index contributed by atoms with van der Waals surface area (Å²) < 4.78 is 14.6. The molecule has 3 heterocycles. The molecule has 136 valence electrons. The molecule has 0 aliphatic heterocycles. The van der Waals surface area contributed by atoms with Gasteiger partial charge in [-0.2, -0.15) is 4.39 Å². The summed E-state index contributed by atoms with van der Waals surface area (Å²) in [5.41, 5.74) is 5.69. The molecule has 0 bridgehead atoms. The van der Waals surface area contributed by atoms with Crippen LogP contribution < -0.4 is 5.32 Å². The van der Waals surface area contributed by atoms with Gasteiger partial charge in [0.2, 0.25) is 5.95 Å². The molecule has 0 saturated heterocycles. The van der Waals surface area contributed by atoms with Crippen molar-refractivity contribution in [3.8, 4) is 0 Å². The predicted octanol–water partition coefficient (Wildman–Crippen LogP) is 5.30. The van der Waals surface area contributed by atoms with E-state index in [0.717, 1.165) is 34.3 Å². The van der Waals surface area contributed by atoms with Crippen LogP contribution in [0.2, 0.25) is 0 Å². The van der Waals surface area contributed by atoms with Gasteiger partial charge < -0.3 is 10.3 Å². The number of H-pyrrole nitrogens is 1. The number of nitrogens with zero attached hydrogens (tertiary/aromatic N) is 2. The molecule has 0 aliphatic carbocycles. The zero-order chi connectivity index (χ0) is 18.8. The zero-order valence-electron chi connectivity index (χ0n) is 15.4. The summed E-state index contributed by atoms with van der Waals surface area (Å²) in [5.74, 6) is 0.0113. The summed E-state index contributed by atoms with van der Waals surface area (Å²) in [6, 6.07) is 13.7. The summed E-state index contributed by atoms with van der Waals surface area (Å²) >= 11 is 0. The first-order valence-electron chi connectivity index (χ1n) is 9.06. The van der Waals surface area contributed by atoms with Crippen molar-refractivity contribution in [2.45, 2.75) is 26.7 Å². The summed E-state index contributed by atoms with van der Waals surface area (Å²) in [6.07, 6.45) is 5.06. The zero-order valence-corrected chi connectivity index (χ0v) is 15.4. The number of fused-ring (bicyclic) bond motifs is 1. The van der Waals surface area contributed by atoms with Gasteiger partial charge in [0.15, 0.2) is 0 Å². The van der Waals surface area contributed by atoms with Crippen molar-refractivity contribution in [3.05, 3.63) is 83.2 Å². The Morgan fingerprint density at radius 1 is 1.07 bits per heavy atom. The normalized spacial score (nSPS) is 11.1. The fourth-order valence-electron chi connectivity index (χ4n) is 3.16. The Bertz CT molecular complexity index is 1080. The topological polar surface area (TPSA) is 53.6 Å². The minimum absolute atomic E-state index is 0.458. The third-order valence-corrected chi connectivity index (χ3v) is 4.69. The van der Waals surface area contributed by atoms with Crippen molar-refractivity contribution < 1.29 is 4.39 Å². The maximum absolute atomic E-state index is 14.6. The van der Waals surface area contributed by atoms with Gasteiger partial charge in [-0.25, -0.2) is 4.98 Å². The highest BCUT2D eigenvalue weighted by molar-refractivity contribution is 5.84. The molecule has 3 aromatic heterocycles. The Labute approximate surface area is 157 Å². The predicted molar refractivity (Wildman–Crippen MR) is 107 cm³/mol. The van der Waals surface area contributed by atoms with Crippen LogP contribution in [0.5, 0.6) is 0 Å². The lowest BCUT2D eigenvalue weighted by Gasteiger charge is -2.08. The first-order valence-corrected chi connectivity index (χ1v) is 9.06. The number of rotatable bonds is 5. The lowest BCUT2D eigenvalue weighted by Crippen LogP contribution is -2.00. The SMILES string of the molecule is CCc1ccc(Nc2ccc(Cc3c[nH]c4ccc(C)cc34)c(F)n2)cn1. The molecule has 0 radical (unpaired) electrons. The molecule has 2 N–H and O–H groups in total. The molecule has 0 unspecified atom stereocenters. The maximum atomic E-state index is 14.6. The number of nitrogens with one attached hydrogen (secondary N) is 2. The van der Waals surface area contributed by atoms with Crippen LogP contribution in [0.1, 0.15) is 29.3 Å². The first kappa shape index (κ1) is 17.2. The number of aromatic nitrogens is 3. The molecule has 0 saturated carbocycles. The van der Waals surface area contributed by atoms with Crippen LogP contribution >= 0.6 is 0 Å². The van der Waals surface area contributed by atoms with Gasteiger partial charge in [0.05, 0.1) is 11.9 Å². The van der Waals surface area contributed by atoms with E-state index in [2.05, 4.69) is 46.2 Å². The lowest BCUT2D eigenvalue weighted by atomic mass is 10.0. The summed E-state index contributed by atoms with van der Waals surface area (Å²) in [4.78, 5) is 11.7. The van der Waals surface area contributed by atoms with Gasteiger partial charge in [0, 0.05) is 34.8 Å². The molecule has 5 heteroatoms. The van der Waals surface area contributed by atoms with Crippen LogP contribution in [0.4, 0.5) is 15.9 Å². The largest absolute Gasteiger partial charge is 0.361 e. The molecule has 0 fully saturated rings. The van der Waals surface area contributed by atoms with Gasteiger partial charge in [0.25, 0.3) is 0 Å². The first-order chi connectivity index (χ1) is 13.1. The van der Waals surface area contributed by atoms with Gasteiger partial charge in [-0.1, -0.05) is 24.6 Å². The van der Waals surface area contributed by atoms with E-state index in [1.54, 1.807) is 18.3 Å². The quantitative estimate of drug-likeness (QED) is 0.475. The molecule has 0 aliphatic rings. The van der Waals surface area contributed by atoms with Gasteiger partial charge >= 0.3 is 0 Å². The standard InChI is InChI=1S/C22H21FN4/c1-3-17-6-7-18(13-24-17)26-21-9-5-15(22(23)27-21)11-16-12-25-20-8-4-14(2)10-19(16)20/h4-10,12-13,25H,3,11H2,1-2H3,(H,26,27). The van der Waals surface area contributed by atoms with Crippen molar-refractivity contribution in [1.82, 2.24) is 15.0 Å². The van der Waals surface area contributed by atoms with E-state index < -0.39 is 5.95 Å². The Hall–Kier alpha value is -3.21. The van der Waals surface area contributed by atoms with E-state index in [4.69, 9.17) is 0 Å². The third-order valence-electron chi connectivity index (χ3n) is 4.69. The summed E-state index contributed by atoms with van der Waals surface area (Å²) in [5, 5.41) is 4.22. The maximum Gasteiger partial charge on any atom is 0.218 e. The van der Waals surface area contributed by atoms with Crippen molar-refractivity contribution in [2.24, 2.45) is 0 Å². The molecule has 0 atom stereocenters. The number of anilines is 2. The van der Waals surface area contributed by atoms with E-state index in [-0.39, 0.29) is 0 Å². The van der Waals surface area contributed by atoms with E-state index in [1.165, 1.54) is 5.56 Å². The highest BCUT2D eigenvalue weighted by atomic mass is 19.1. The van der Waals surface area contributed by atoms with Crippen LogP contribution in [-0.2, 0) is 12.8 Å². The number of pyridine rings is 2. The number of benzene rings is 1.